The molecule has 7 heteroatoms. The van der Waals surface area contributed by atoms with Crippen LogP contribution in [0.15, 0.2) is 35.7 Å². The van der Waals surface area contributed by atoms with E-state index in [2.05, 4.69) is 33.8 Å². The fourth-order valence-electron chi connectivity index (χ4n) is 3.27. The summed E-state index contributed by atoms with van der Waals surface area (Å²) in [5.41, 5.74) is 5.02. The Balaban J connectivity index is 1.76. The van der Waals surface area contributed by atoms with E-state index in [0.29, 0.717) is 17.6 Å². The number of hydrogen-bond donors (Lipinski definition) is 0. The van der Waals surface area contributed by atoms with E-state index in [9.17, 15) is 4.39 Å². The molecule has 0 saturated carbocycles. The molecule has 0 spiro atoms. The molecule has 0 atom stereocenters. The summed E-state index contributed by atoms with van der Waals surface area (Å²) < 4.78 is 21.3. The van der Waals surface area contributed by atoms with E-state index in [-0.39, 0.29) is 12.4 Å². The van der Waals surface area contributed by atoms with Crippen molar-refractivity contribution in [3.8, 4) is 5.88 Å². The lowest BCUT2D eigenvalue weighted by molar-refractivity contribution is 0.296. The second-order valence-corrected chi connectivity index (χ2v) is 8.17. The number of halogens is 2. The number of rotatable bonds is 5. The normalized spacial score (nSPS) is 11.3. The monoisotopic (exact) mass is 415 g/mol. The van der Waals surface area contributed by atoms with Gasteiger partial charge < -0.3 is 9.30 Å². The Bertz CT molecular complexity index is 1150. The lowest BCUT2D eigenvalue weighted by atomic mass is 10.2. The molecule has 0 bridgehead atoms. The number of thiazole rings is 1. The zero-order chi connectivity index (χ0) is 19.8. The molecule has 0 aliphatic rings. The van der Waals surface area contributed by atoms with E-state index in [0.717, 1.165) is 38.4 Å². The number of benzene rings is 1. The van der Waals surface area contributed by atoms with Gasteiger partial charge in [0.15, 0.2) is 0 Å². The van der Waals surface area contributed by atoms with Crippen LogP contribution in [0.4, 0.5) is 4.39 Å². The molecule has 0 fully saturated rings. The van der Waals surface area contributed by atoms with Crippen molar-refractivity contribution in [3.05, 3.63) is 74.2 Å². The number of aromatic nitrogens is 3. The van der Waals surface area contributed by atoms with Crippen LogP contribution >= 0.6 is 22.9 Å². The molecule has 0 radical (unpaired) electrons. The Morgan fingerprint density at radius 1 is 1.14 bits per heavy atom. The number of hydrogen-bond acceptors (Lipinski definition) is 4. The Morgan fingerprint density at radius 2 is 1.89 bits per heavy atom. The molecule has 1 aromatic carbocycles. The number of aryl methyl sites for hydroxylation is 2. The summed E-state index contributed by atoms with van der Waals surface area (Å²) in [5, 5.41) is 4.50. The van der Waals surface area contributed by atoms with Gasteiger partial charge in [-0.05, 0) is 50.1 Å². The van der Waals surface area contributed by atoms with Crippen LogP contribution in [0.2, 0.25) is 5.15 Å². The topological polar surface area (TPSA) is 39.9 Å². The summed E-state index contributed by atoms with van der Waals surface area (Å²) in [7, 11) is 0. The maximum absolute atomic E-state index is 13.1. The maximum atomic E-state index is 13.1. The first-order valence-electron chi connectivity index (χ1n) is 8.86. The highest BCUT2D eigenvalue weighted by Crippen LogP contribution is 2.34. The summed E-state index contributed by atoms with van der Waals surface area (Å²) in [6.45, 7) is 7.06. The Hall–Kier alpha value is -2.44. The molecule has 28 heavy (non-hydrogen) atoms. The molecule has 4 rings (SSSR count). The Labute approximate surface area is 171 Å². The summed E-state index contributed by atoms with van der Waals surface area (Å²) in [6.07, 6.45) is 0. The van der Waals surface area contributed by atoms with Crippen molar-refractivity contribution in [2.45, 2.75) is 33.9 Å². The smallest absolute Gasteiger partial charge is 0.240 e. The molecule has 0 aliphatic carbocycles. The number of nitrogens with zero attached hydrogens (tertiary/aromatic N) is 3. The van der Waals surface area contributed by atoms with Crippen LogP contribution in [-0.4, -0.2) is 14.5 Å². The zero-order valence-corrected chi connectivity index (χ0v) is 17.4. The van der Waals surface area contributed by atoms with Crippen molar-refractivity contribution in [3.63, 3.8) is 0 Å². The quantitative estimate of drug-likeness (QED) is 0.384. The fraction of sp³-hybridized carbons (Fsp3) is 0.238. The molecular formula is C21H19ClFN3OS. The highest BCUT2D eigenvalue weighted by Gasteiger charge is 2.19. The lowest BCUT2D eigenvalue weighted by Gasteiger charge is -2.12. The highest BCUT2D eigenvalue weighted by molar-refractivity contribution is 7.09. The van der Waals surface area contributed by atoms with Gasteiger partial charge in [0.05, 0.1) is 17.2 Å². The third-order valence-corrected chi connectivity index (χ3v) is 5.84. The predicted octanol–water partition coefficient (Wildman–Crippen LogP) is 5.84. The average molecular weight is 416 g/mol. The number of pyridine rings is 1. The van der Waals surface area contributed by atoms with Gasteiger partial charge in [0.1, 0.15) is 23.1 Å². The van der Waals surface area contributed by atoms with Crippen LogP contribution in [0.5, 0.6) is 5.88 Å². The van der Waals surface area contributed by atoms with Gasteiger partial charge >= 0.3 is 0 Å². The van der Waals surface area contributed by atoms with E-state index in [1.54, 1.807) is 23.5 Å². The first kappa shape index (κ1) is 18.9. The van der Waals surface area contributed by atoms with Gasteiger partial charge in [-0.2, -0.15) is 4.98 Å². The largest absolute Gasteiger partial charge is 0.471 e. The van der Waals surface area contributed by atoms with Gasteiger partial charge in [-0.3, -0.25) is 0 Å². The Kier molecular flexibility index (Phi) is 5.08. The lowest BCUT2D eigenvalue weighted by Crippen LogP contribution is -2.05. The Morgan fingerprint density at radius 3 is 2.57 bits per heavy atom. The molecule has 0 N–H and O–H groups in total. The highest BCUT2D eigenvalue weighted by atomic mass is 35.5. The van der Waals surface area contributed by atoms with Crippen LogP contribution < -0.4 is 4.74 Å². The summed E-state index contributed by atoms with van der Waals surface area (Å²) >= 11 is 7.90. The SMILES string of the molecule is Cc1nc(Cn2c(C)c(C)c3cc(Cl)nc(OCc4ccc(F)cc4)c32)cs1. The van der Waals surface area contributed by atoms with Crippen LogP contribution in [0.1, 0.15) is 27.5 Å². The zero-order valence-electron chi connectivity index (χ0n) is 15.8. The molecule has 0 aliphatic heterocycles. The second kappa shape index (κ2) is 7.53. The molecule has 0 unspecified atom stereocenters. The van der Waals surface area contributed by atoms with Crippen LogP contribution in [0.3, 0.4) is 0 Å². The van der Waals surface area contributed by atoms with Crippen molar-refractivity contribution in [1.82, 2.24) is 14.5 Å². The van der Waals surface area contributed by atoms with E-state index in [1.807, 2.05) is 13.0 Å². The van der Waals surface area contributed by atoms with Gasteiger partial charge in [-0.1, -0.05) is 23.7 Å². The van der Waals surface area contributed by atoms with E-state index in [1.165, 1.54) is 12.1 Å². The first-order valence-corrected chi connectivity index (χ1v) is 10.1. The first-order chi connectivity index (χ1) is 13.4. The van der Waals surface area contributed by atoms with Crippen molar-refractivity contribution in [1.29, 1.82) is 0 Å². The molecular weight excluding hydrogens is 397 g/mol. The third-order valence-electron chi connectivity index (χ3n) is 4.83. The van der Waals surface area contributed by atoms with Gasteiger partial charge in [0, 0.05) is 16.5 Å². The number of ether oxygens (including phenoxy) is 1. The molecule has 0 saturated heterocycles. The molecule has 0 amide bonds. The van der Waals surface area contributed by atoms with Gasteiger partial charge in [0.2, 0.25) is 5.88 Å². The number of fused-ring (bicyclic) bond motifs is 1. The van der Waals surface area contributed by atoms with E-state index < -0.39 is 0 Å². The van der Waals surface area contributed by atoms with Gasteiger partial charge in [0.25, 0.3) is 0 Å². The molecule has 144 valence electrons. The van der Waals surface area contributed by atoms with Crippen LogP contribution in [0.25, 0.3) is 10.9 Å². The van der Waals surface area contributed by atoms with Crippen molar-refractivity contribution >= 4 is 33.8 Å². The average Bonchev–Trinajstić information content (AvgIpc) is 3.18. The minimum absolute atomic E-state index is 0.272. The summed E-state index contributed by atoms with van der Waals surface area (Å²) in [5.74, 6) is 0.195. The van der Waals surface area contributed by atoms with Crippen molar-refractivity contribution in [2.24, 2.45) is 0 Å². The van der Waals surface area contributed by atoms with Crippen LogP contribution in [0, 0.1) is 26.6 Å². The van der Waals surface area contributed by atoms with Crippen molar-refractivity contribution < 1.29 is 9.13 Å². The van der Waals surface area contributed by atoms with Crippen LogP contribution in [-0.2, 0) is 13.2 Å². The molecule has 3 heterocycles. The van der Waals surface area contributed by atoms with E-state index >= 15 is 0 Å². The molecule has 4 nitrogen and oxygen atoms in total. The van der Waals surface area contributed by atoms with Crippen molar-refractivity contribution in [2.75, 3.05) is 0 Å². The summed E-state index contributed by atoms with van der Waals surface area (Å²) in [4.78, 5) is 9.01. The standard InChI is InChI=1S/C21H19ClFN3OS/c1-12-13(2)26(9-17-11-28-14(3)24-17)20-18(12)8-19(22)25-21(20)27-10-15-4-6-16(23)7-5-15/h4-8,11H,9-10H2,1-3H3. The minimum Gasteiger partial charge on any atom is -0.471 e. The molecule has 3 aromatic heterocycles. The second-order valence-electron chi connectivity index (χ2n) is 6.72. The summed E-state index contributed by atoms with van der Waals surface area (Å²) in [6, 6.07) is 8.10. The van der Waals surface area contributed by atoms with Gasteiger partial charge in [-0.25, -0.2) is 9.37 Å². The third kappa shape index (κ3) is 3.62. The maximum Gasteiger partial charge on any atom is 0.240 e. The van der Waals surface area contributed by atoms with Gasteiger partial charge in [-0.15, -0.1) is 11.3 Å². The fourth-order valence-corrected chi connectivity index (χ4v) is 4.06. The molecule has 4 aromatic rings. The predicted molar refractivity (Wildman–Crippen MR) is 111 cm³/mol. The van der Waals surface area contributed by atoms with E-state index in [4.69, 9.17) is 16.3 Å². The minimum atomic E-state index is -0.272.